The number of rotatable bonds is 8. The first-order valence-electron chi connectivity index (χ1n) is 9.37. The molecule has 3 N–H and O–H groups in total. The Morgan fingerprint density at radius 3 is 2.55 bits per heavy atom. The molecule has 0 atom stereocenters. The van der Waals surface area contributed by atoms with Gasteiger partial charge >= 0.3 is 0 Å². The monoisotopic (exact) mass is 444 g/mol. The van der Waals surface area contributed by atoms with E-state index < -0.39 is 21.7 Å². The summed E-state index contributed by atoms with van der Waals surface area (Å²) in [7, 11) is -0.730. The molecule has 0 bridgehead atoms. The molecule has 0 saturated carbocycles. The number of aromatic nitrogens is 1. The fourth-order valence-electron chi connectivity index (χ4n) is 3.20. The molecule has 0 radical (unpaired) electrons. The molecular weight excluding hydrogens is 422 g/mol. The summed E-state index contributed by atoms with van der Waals surface area (Å²) in [5.41, 5.74) is 1.71. The fraction of sp³-hybridized carbons (Fsp3) is 0.136. The third-order valence-electron chi connectivity index (χ3n) is 4.61. The second kappa shape index (κ2) is 9.23. The lowest BCUT2D eigenvalue weighted by molar-refractivity contribution is 0.583. The third-order valence-corrected chi connectivity index (χ3v) is 6.28. The second-order valence-corrected chi connectivity index (χ2v) is 8.56. The van der Waals surface area contributed by atoms with Crippen molar-refractivity contribution in [3.8, 4) is 11.3 Å². The van der Waals surface area contributed by atoms with Crippen molar-refractivity contribution in [3.63, 3.8) is 0 Å². The minimum absolute atomic E-state index is 0.0239. The van der Waals surface area contributed by atoms with Crippen LogP contribution in [0, 0.1) is 17.0 Å². The van der Waals surface area contributed by atoms with Crippen molar-refractivity contribution in [2.45, 2.75) is 11.4 Å². The Hall–Kier alpha value is -3.30. The highest BCUT2D eigenvalue weighted by Crippen LogP contribution is 2.30. The van der Waals surface area contributed by atoms with Gasteiger partial charge in [-0.2, -0.15) is 0 Å². The summed E-state index contributed by atoms with van der Waals surface area (Å²) in [5.74, 6) is -1.61. The van der Waals surface area contributed by atoms with Gasteiger partial charge in [0.2, 0.25) is 0 Å². The van der Waals surface area contributed by atoms with Gasteiger partial charge in [-0.25, -0.2) is 21.2 Å². The van der Waals surface area contributed by atoms with Gasteiger partial charge < -0.3 is 16.0 Å². The first-order chi connectivity index (χ1) is 14.8. The minimum atomic E-state index is -4.12. The number of nitrogens with one attached hydrogen (secondary N) is 3. The van der Waals surface area contributed by atoms with E-state index in [-0.39, 0.29) is 16.2 Å². The maximum atomic E-state index is 14.5. The SMILES string of the molecule is CN/C=C(\C=N)c1cccc(S(=O)(=O)n2cc(CNC)cc2-c2ccc(F)cc2F)c1. The Morgan fingerprint density at radius 1 is 1.13 bits per heavy atom. The van der Waals surface area contributed by atoms with Crippen LogP contribution in [-0.2, 0) is 16.6 Å². The first kappa shape index (κ1) is 22.4. The quantitative estimate of drug-likeness (QED) is 0.464. The van der Waals surface area contributed by atoms with Crippen LogP contribution in [0.25, 0.3) is 16.8 Å². The van der Waals surface area contributed by atoms with E-state index in [1.165, 1.54) is 24.4 Å². The Morgan fingerprint density at radius 2 is 1.90 bits per heavy atom. The maximum Gasteiger partial charge on any atom is 0.268 e. The average Bonchev–Trinajstić information content (AvgIpc) is 3.17. The highest BCUT2D eigenvalue weighted by Gasteiger charge is 2.24. The highest BCUT2D eigenvalue weighted by atomic mass is 32.2. The van der Waals surface area contributed by atoms with Crippen molar-refractivity contribution in [1.82, 2.24) is 14.6 Å². The summed E-state index contributed by atoms with van der Waals surface area (Å²) in [4.78, 5) is -0.0239. The van der Waals surface area contributed by atoms with Crippen LogP contribution in [-0.4, -0.2) is 32.7 Å². The van der Waals surface area contributed by atoms with Gasteiger partial charge in [0.05, 0.1) is 10.6 Å². The third kappa shape index (κ3) is 4.57. The number of nitrogens with zero attached hydrogens (tertiary/aromatic N) is 1. The van der Waals surface area contributed by atoms with Crippen molar-refractivity contribution in [2.75, 3.05) is 14.1 Å². The van der Waals surface area contributed by atoms with Gasteiger partial charge in [-0.1, -0.05) is 12.1 Å². The van der Waals surface area contributed by atoms with Crippen molar-refractivity contribution in [3.05, 3.63) is 83.7 Å². The number of hydrogen-bond acceptors (Lipinski definition) is 5. The van der Waals surface area contributed by atoms with E-state index in [1.54, 1.807) is 38.5 Å². The summed E-state index contributed by atoms with van der Waals surface area (Å²) >= 11 is 0. The van der Waals surface area contributed by atoms with Gasteiger partial charge in [0.1, 0.15) is 11.6 Å². The van der Waals surface area contributed by atoms with Crippen LogP contribution in [0.2, 0.25) is 0 Å². The van der Waals surface area contributed by atoms with E-state index in [9.17, 15) is 17.2 Å². The molecule has 0 aliphatic carbocycles. The number of allylic oxidation sites excluding steroid dienone is 1. The number of halogens is 2. The average molecular weight is 445 g/mol. The zero-order chi connectivity index (χ0) is 22.6. The summed E-state index contributed by atoms with van der Waals surface area (Å²) < 4.78 is 55.9. The van der Waals surface area contributed by atoms with Crippen LogP contribution in [0.15, 0.2) is 65.8 Å². The van der Waals surface area contributed by atoms with Crippen molar-refractivity contribution >= 4 is 21.8 Å². The Balaban J connectivity index is 2.20. The van der Waals surface area contributed by atoms with Gasteiger partial charge in [0, 0.05) is 49.4 Å². The predicted octanol–water partition coefficient (Wildman–Crippen LogP) is 3.60. The van der Waals surface area contributed by atoms with Crippen LogP contribution < -0.4 is 10.6 Å². The van der Waals surface area contributed by atoms with E-state index >= 15 is 0 Å². The van der Waals surface area contributed by atoms with E-state index in [1.807, 2.05) is 0 Å². The zero-order valence-electron chi connectivity index (χ0n) is 17.0. The highest BCUT2D eigenvalue weighted by molar-refractivity contribution is 7.90. The molecule has 0 amide bonds. The topological polar surface area (TPSA) is 87.0 Å². The lowest BCUT2D eigenvalue weighted by atomic mass is 10.1. The summed E-state index contributed by atoms with van der Waals surface area (Å²) in [6.45, 7) is 0.362. The lowest BCUT2D eigenvalue weighted by Crippen LogP contribution is -2.14. The molecule has 1 heterocycles. The van der Waals surface area contributed by atoms with Gasteiger partial charge in [-0.3, -0.25) is 0 Å². The van der Waals surface area contributed by atoms with Crippen LogP contribution >= 0.6 is 0 Å². The maximum absolute atomic E-state index is 14.5. The van der Waals surface area contributed by atoms with Crippen molar-refractivity contribution in [1.29, 1.82) is 5.41 Å². The number of hydrogen-bond donors (Lipinski definition) is 3. The fourth-order valence-corrected chi connectivity index (χ4v) is 4.64. The van der Waals surface area contributed by atoms with Gasteiger partial charge in [-0.15, -0.1) is 0 Å². The van der Waals surface area contributed by atoms with E-state index in [4.69, 9.17) is 5.41 Å². The lowest BCUT2D eigenvalue weighted by Gasteiger charge is -2.12. The second-order valence-electron chi connectivity index (χ2n) is 6.75. The Bertz CT molecular complexity index is 1250. The summed E-state index contributed by atoms with van der Waals surface area (Å²) in [6.07, 6.45) is 4.11. The molecule has 1 aromatic heterocycles. The van der Waals surface area contributed by atoms with E-state index in [0.29, 0.717) is 23.2 Å². The number of benzene rings is 2. The normalized spacial score (nSPS) is 12.1. The van der Waals surface area contributed by atoms with Gasteiger partial charge in [0.15, 0.2) is 0 Å². The molecular formula is C22H22F2N4O2S. The molecule has 0 spiro atoms. The van der Waals surface area contributed by atoms with Crippen LogP contribution in [0.5, 0.6) is 0 Å². The smallest absolute Gasteiger partial charge is 0.268 e. The zero-order valence-corrected chi connectivity index (χ0v) is 17.8. The molecule has 2 aromatic carbocycles. The standard InChI is InChI=1S/C22H22F2N4O2S/c1-26-12-15-8-22(20-7-6-18(23)10-21(20)24)28(14-15)31(29,30)19-5-3-4-16(9-19)17(11-25)13-27-2/h3-11,13-14,25-27H,12H2,1-2H3/b17-13+,25-11?. The minimum Gasteiger partial charge on any atom is -0.393 e. The molecule has 0 aliphatic heterocycles. The van der Waals surface area contributed by atoms with Crippen LogP contribution in [0.4, 0.5) is 8.78 Å². The van der Waals surface area contributed by atoms with Crippen LogP contribution in [0.3, 0.4) is 0 Å². The van der Waals surface area contributed by atoms with Crippen molar-refractivity contribution in [2.24, 2.45) is 0 Å². The molecule has 3 aromatic rings. The molecule has 0 unspecified atom stereocenters. The van der Waals surface area contributed by atoms with E-state index in [0.717, 1.165) is 22.3 Å². The first-order valence-corrected chi connectivity index (χ1v) is 10.8. The summed E-state index contributed by atoms with van der Waals surface area (Å²) in [6, 6.07) is 10.7. The predicted molar refractivity (Wildman–Crippen MR) is 117 cm³/mol. The Labute approximate surface area is 179 Å². The molecule has 3 rings (SSSR count). The molecule has 31 heavy (non-hydrogen) atoms. The van der Waals surface area contributed by atoms with Crippen LogP contribution in [0.1, 0.15) is 11.1 Å². The molecule has 0 fully saturated rings. The van der Waals surface area contributed by atoms with Gasteiger partial charge in [-0.05, 0) is 48.5 Å². The molecule has 6 nitrogen and oxygen atoms in total. The largest absolute Gasteiger partial charge is 0.393 e. The summed E-state index contributed by atoms with van der Waals surface area (Å²) in [5, 5.41) is 13.3. The van der Waals surface area contributed by atoms with Crippen molar-refractivity contribution < 1.29 is 17.2 Å². The van der Waals surface area contributed by atoms with Gasteiger partial charge in [0.25, 0.3) is 10.0 Å². The van der Waals surface area contributed by atoms with E-state index in [2.05, 4.69) is 10.6 Å². The molecule has 0 saturated heterocycles. The molecule has 0 aliphatic rings. The molecule has 162 valence electrons. The molecule has 9 heteroatoms. The Kier molecular flexibility index (Phi) is 6.67.